The number of amides is 2. The van der Waals surface area contributed by atoms with Crippen LogP contribution < -0.4 is 10.6 Å². The quantitative estimate of drug-likeness (QED) is 0.798. The van der Waals surface area contributed by atoms with Crippen LogP contribution in [-0.2, 0) is 13.2 Å². The van der Waals surface area contributed by atoms with Gasteiger partial charge in [-0.05, 0) is 22.3 Å². The minimum Gasteiger partial charge on any atom is -0.392 e. The fourth-order valence-electron chi connectivity index (χ4n) is 2.05. The summed E-state index contributed by atoms with van der Waals surface area (Å²) in [5.41, 5.74) is 3.95. The maximum Gasteiger partial charge on any atom is 0.314 e. The zero-order valence-electron chi connectivity index (χ0n) is 11.4. The highest BCUT2D eigenvalue weighted by Gasteiger charge is 2.07. The third-order valence-electron chi connectivity index (χ3n) is 3.10. The van der Waals surface area contributed by atoms with Crippen molar-refractivity contribution >= 4 is 6.03 Å². The van der Waals surface area contributed by atoms with E-state index in [2.05, 4.69) is 10.6 Å². The number of nitrogens with one attached hydrogen (secondary N) is 2. The van der Waals surface area contributed by atoms with Crippen molar-refractivity contribution in [3.8, 4) is 11.1 Å². The summed E-state index contributed by atoms with van der Waals surface area (Å²) in [6, 6.07) is 15.5. The van der Waals surface area contributed by atoms with E-state index in [4.69, 9.17) is 0 Å². The Morgan fingerprint density at radius 2 is 1.90 bits per heavy atom. The van der Waals surface area contributed by atoms with Gasteiger partial charge in [0.15, 0.2) is 0 Å². The number of urea groups is 1. The first-order chi connectivity index (χ1) is 9.74. The smallest absolute Gasteiger partial charge is 0.314 e. The standard InChI is InChI=1S/C16H18N2O2/c1-17-16(20)18-10-14-9-12(11-19)7-8-15(14)13-5-3-2-4-6-13/h2-9,19H,10-11H2,1H3,(H2,17,18,20). The molecule has 0 aromatic heterocycles. The SMILES string of the molecule is CNC(=O)NCc1cc(CO)ccc1-c1ccccc1. The second-order valence-electron chi connectivity index (χ2n) is 4.45. The first kappa shape index (κ1) is 14.1. The molecule has 0 aliphatic heterocycles. The second-order valence-corrected chi connectivity index (χ2v) is 4.45. The molecule has 104 valence electrons. The molecule has 0 spiro atoms. The average molecular weight is 270 g/mol. The van der Waals surface area contributed by atoms with Crippen LogP contribution in [0.5, 0.6) is 0 Å². The van der Waals surface area contributed by atoms with Crippen molar-refractivity contribution in [3.05, 3.63) is 59.7 Å². The van der Waals surface area contributed by atoms with Gasteiger partial charge in [0.05, 0.1) is 6.61 Å². The lowest BCUT2D eigenvalue weighted by Crippen LogP contribution is -2.32. The summed E-state index contributed by atoms with van der Waals surface area (Å²) in [6.45, 7) is 0.403. The minimum absolute atomic E-state index is 0.0119. The van der Waals surface area contributed by atoms with Crippen LogP contribution in [-0.4, -0.2) is 18.2 Å². The first-order valence-electron chi connectivity index (χ1n) is 6.48. The third kappa shape index (κ3) is 3.36. The molecule has 2 amide bonds. The lowest BCUT2D eigenvalue weighted by molar-refractivity contribution is 0.242. The molecule has 4 nitrogen and oxygen atoms in total. The van der Waals surface area contributed by atoms with Crippen molar-refractivity contribution < 1.29 is 9.90 Å². The molecule has 0 aliphatic carbocycles. The molecule has 2 rings (SSSR count). The predicted octanol–water partition coefficient (Wildman–Crippen LogP) is 2.27. The van der Waals surface area contributed by atoms with Gasteiger partial charge in [0.1, 0.15) is 0 Å². The van der Waals surface area contributed by atoms with E-state index in [0.29, 0.717) is 6.54 Å². The molecule has 0 unspecified atom stereocenters. The Morgan fingerprint density at radius 3 is 2.55 bits per heavy atom. The topological polar surface area (TPSA) is 61.4 Å². The summed E-state index contributed by atoms with van der Waals surface area (Å²) in [5, 5.41) is 14.5. The molecule has 0 bridgehead atoms. The molecule has 0 fully saturated rings. The summed E-state index contributed by atoms with van der Waals surface area (Å²) in [7, 11) is 1.58. The molecule has 2 aromatic carbocycles. The van der Waals surface area contributed by atoms with Gasteiger partial charge in [-0.25, -0.2) is 4.79 Å². The van der Waals surface area contributed by atoms with E-state index < -0.39 is 0 Å². The lowest BCUT2D eigenvalue weighted by Gasteiger charge is -2.12. The molecule has 4 heteroatoms. The van der Waals surface area contributed by atoms with Gasteiger partial charge >= 0.3 is 6.03 Å². The van der Waals surface area contributed by atoms with E-state index in [1.54, 1.807) is 7.05 Å². The normalized spacial score (nSPS) is 10.1. The van der Waals surface area contributed by atoms with Crippen molar-refractivity contribution in [1.82, 2.24) is 10.6 Å². The monoisotopic (exact) mass is 270 g/mol. The van der Waals surface area contributed by atoms with E-state index in [-0.39, 0.29) is 12.6 Å². The number of aliphatic hydroxyl groups excluding tert-OH is 1. The van der Waals surface area contributed by atoms with Crippen LogP contribution in [0.1, 0.15) is 11.1 Å². The van der Waals surface area contributed by atoms with E-state index in [1.807, 2.05) is 48.5 Å². The van der Waals surface area contributed by atoms with Crippen molar-refractivity contribution in [2.24, 2.45) is 0 Å². The van der Waals surface area contributed by atoms with Gasteiger partial charge in [-0.15, -0.1) is 0 Å². The number of rotatable bonds is 4. The van der Waals surface area contributed by atoms with Crippen LogP contribution in [0.2, 0.25) is 0 Å². The Hall–Kier alpha value is -2.33. The van der Waals surface area contributed by atoms with Gasteiger partial charge in [0.25, 0.3) is 0 Å². The fourth-order valence-corrected chi connectivity index (χ4v) is 2.05. The number of benzene rings is 2. The highest BCUT2D eigenvalue weighted by atomic mass is 16.3. The molecule has 0 saturated heterocycles. The molecule has 3 N–H and O–H groups in total. The number of aliphatic hydroxyl groups is 1. The van der Waals surface area contributed by atoms with Gasteiger partial charge in [0.2, 0.25) is 0 Å². The van der Waals surface area contributed by atoms with Crippen LogP contribution in [0.15, 0.2) is 48.5 Å². The lowest BCUT2D eigenvalue weighted by atomic mass is 9.97. The first-order valence-corrected chi connectivity index (χ1v) is 6.48. The zero-order chi connectivity index (χ0) is 14.4. The molecule has 0 saturated carbocycles. The van der Waals surface area contributed by atoms with Crippen molar-refractivity contribution in [1.29, 1.82) is 0 Å². The molecule has 2 aromatic rings. The molecule has 0 atom stereocenters. The molecular weight excluding hydrogens is 252 g/mol. The van der Waals surface area contributed by atoms with Crippen LogP contribution in [0.4, 0.5) is 4.79 Å². The van der Waals surface area contributed by atoms with Gasteiger partial charge < -0.3 is 15.7 Å². The summed E-state index contributed by atoms with van der Waals surface area (Å²) < 4.78 is 0. The van der Waals surface area contributed by atoms with Crippen LogP contribution in [0, 0.1) is 0 Å². The average Bonchev–Trinajstić information content (AvgIpc) is 2.53. The highest BCUT2D eigenvalue weighted by molar-refractivity contribution is 5.74. The van der Waals surface area contributed by atoms with Crippen molar-refractivity contribution in [2.75, 3.05) is 7.05 Å². The molecular formula is C16H18N2O2. The predicted molar refractivity (Wildman–Crippen MR) is 79.1 cm³/mol. The minimum atomic E-state index is -0.224. The Balaban J connectivity index is 2.33. The number of carbonyl (C=O) groups is 1. The molecule has 0 heterocycles. The Kier molecular flexibility index (Phi) is 4.74. The Labute approximate surface area is 118 Å². The Bertz CT molecular complexity index is 582. The van der Waals surface area contributed by atoms with E-state index >= 15 is 0 Å². The summed E-state index contributed by atoms with van der Waals surface area (Å²) in [5.74, 6) is 0. The zero-order valence-corrected chi connectivity index (χ0v) is 11.4. The fraction of sp³-hybridized carbons (Fsp3) is 0.188. The van der Waals surface area contributed by atoms with Gasteiger partial charge in [-0.3, -0.25) is 0 Å². The summed E-state index contributed by atoms with van der Waals surface area (Å²) in [4.78, 5) is 11.3. The van der Waals surface area contributed by atoms with Crippen LogP contribution in [0.25, 0.3) is 11.1 Å². The Morgan fingerprint density at radius 1 is 1.15 bits per heavy atom. The van der Waals surface area contributed by atoms with Crippen molar-refractivity contribution in [2.45, 2.75) is 13.2 Å². The molecule has 20 heavy (non-hydrogen) atoms. The molecule has 0 radical (unpaired) electrons. The van der Waals surface area contributed by atoms with E-state index in [9.17, 15) is 9.90 Å². The van der Waals surface area contributed by atoms with Gasteiger partial charge in [-0.2, -0.15) is 0 Å². The third-order valence-corrected chi connectivity index (χ3v) is 3.10. The molecule has 0 aliphatic rings. The summed E-state index contributed by atoms with van der Waals surface area (Å²) >= 11 is 0. The van der Waals surface area contributed by atoms with E-state index in [0.717, 1.165) is 22.3 Å². The highest BCUT2D eigenvalue weighted by Crippen LogP contribution is 2.24. The number of hydrogen-bond acceptors (Lipinski definition) is 2. The largest absolute Gasteiger partial charge is 0.392 e. The second kappa shape index (κ2) is 6.73. The van der Waals surface area contributed by atoms with Gasteiger partial charge in [-0.1, -0.05) is 48.5 Å². The maximum absolute atomic E-state index is 11.3. The maximum atomic E-state index is 11.3. The van der Waals surface area contributed by atoms with Crippen LogP contribution >= 0.6 is 0 Å². The van der Waals surface area contributed by atoms with Gasteiger partial charge in [0, 0.05) is 13.6 Å². The van der Waals surface area contributed by atoms with Crippen LogP contribution in [0.3, 0.4) is 0 Å². The number of carbonyl (C=O) groups excluding carboxylic acids is 1. The summed E-state index contributed by atoms with van der Waals surface area (Å²) in [6.07, 6.45) is 0. The van der Waals surface area contributed by atoms with Crippen molar-refractivity contribution in [3.63, 3.8) is 0 Å². The number of hydrogen-bond donors (Lipinski definition) is 3. The van der Waals surface area contributed by atoms with E-state index in [1.165, 1.54) is 0 Å².